The zero-order valence-corrected chi connectivity index (χ0v) is 21.0. The van der Waals surface area contributed by atoms with Crippen LogP contribution in [-0.4, -0.2) is 60.7 Å². The molecule has 0 aliphatic heterocycles. The summed E-state index contributed by atoms with van der Waals surface area (Å²) in [5, 5.41) is 9.17. The Labute approximate surface area is 198 Å². The Balaban J connectivity index is 3.62. The molecule has 32 heavy (non-hydrogen) atoms. The number of hydrogen-bond donors (Lipinski definition) is 2. The molecule has 0 radical (unpaired) electrons. The van der Waals surface area contributed by atoms with Crippen molar-refractivity contribution in [2.24, 2.45) is 11.7 Å². The van der Waals surface area contributed by atoms with E-state index in [1.807, 2.05) is 0 Å². The molecule has 0 rings (SSSR count). The third kappa shape index (κ3) is 17.4. The standard InChI is InChI=1S/C24H45NO6S/c1-3-4-5-6-7-8-9-10-11-15-23(28)31-16-17-32-19-21(25)22(27)14-12-13-20(18-26)24(29)30-2/h20-21,26H,3-19,25H2,1-2H3/t20-,21-/m0/s1. The number of unbranched alkanes of at least 4 members (excludes halogenated alkanes) is 8. The van der Waals surface area contributed by atoms with Gasteiger partial charge >= 0.3 is 11.9 Å². The third-order valence-electron chi connectivity index (χ3n) is 5.42. The minimum Gasteiger partial charge on any atom is -0.469 e. The van der Waals surface area contributed by atoms with E-state index in [0.717, 1.165) is 12.8 Å². The monoisotopic (exact) mass is 475 g/mol. The second kappa shape index (κ2) is 21.7. The molecular weight excluding hydrogens is 430 g/mol. The number of methoxy groups -OCH3 is 1. The number of nitrogens with two attached hydrogens (primary N) is 1. The average molecular weight is 476 g/mol. The third-order valence-corrected chi connectivity index (χ3v) is 6.47. The molecule has 0 bridgehead atoms. The van der Waals surface area contributed by atoms with Gasteiger partial charge < -0.3 is 20.3 Å². The number of carbonyl (C=O) groups excluding carboxylic acids is 3. The topological polar surface area (TPSA) is 116 Å². The van der Waals surface area contributed by atoms with Gasteiger partial charge in [-0.2, -0.15) is 11.8 Å². The van der Waals surface area contributed by atoms with E-state index >= 15 is 0 Å². The number of hydrogen-bond acceptors (Lipinski definition) is 8. The number of aliphatic hydroxyl groups excluding tert-OH is 1. The molecule has 0 amide bonds. The highest BCUT2D eigenvalue weighted by Gasteiger charge is 2.19. The highest BCUT2D eigenvalue weighted by molar-refractivity contribution is 7.99. The highest BCUT2D eigenvalue weighted by Crippen LogP contribution is 2.13. The summed E-state index contributed by atoms with van der Waals surface area (Å²) in [5.41, 5.74) is 5.91. The van der Waals surface area contributed by atoms with Gasteiger partial charge in [0.25, 0.3) is 0 Å². The smallest absolute Gasteiger partial charge is 0.310 e. The number of Topliss-reactive ketones (excluding diaryl/α,β-unsaturated/α-hetero) is 1. The first-order valence-corrected chi connectivity index (χ1v) is 13.3. The first-order chi connectivity index (χ1) is 15.5. The summed E-state index contributed by atoms with van der Waals surface area (Å²) in [5.74, 6) is -0.204. The van der Waals surface area contributed by atoms with Crippen LogP contribution in [-0.2, 0) is 23.9 Å². The molecule has 0 fully saturated rings. The first-order valence-electron chi connectivity index (χ1n) is 12.2. The van der Waals surface area contributed by atoms with E-state index in [9.17, 15) is 19.5 Å². The zero-order valence-electron chi connectivity index (χ0n) is 20.1. The molecule has 0 saturated carbocycles. The maximum atomic E-state index is 12.1. The second-order valence-corrected chi connectivity index (χ2v) is 9.39. The van der Waals surface area contributed by atoms with Crippen molar-refractivity contribution in [3.63, 3.8) is 0 Å². The van der Waals surface area contributed by atoms with Gasteiger partial charge in [-0.05, 0) is 19.3 Å². The van der Waals surface area contributed by atoms with Gasteiger partial charge in [-0.1, -0.05) is 58.3 Å². The molecule has 0 unspecified atom stereocenters. The summed E-state index contributed by atoms with van der Waals surface area (Å²) in [6, 6.07) is -0.580. The van der Waals surface area contributed by atoms with Crippen molar-refractivity contribution in [3.8, 4) is 0 Å². The molecule has 0 aromatic rings. The molecule has 0 heterocycles. The Kier molecular flexibility index (Phi) is 21.0. The fourth-order valence-corrected chi connectivity index (χ4v) is 4.14. The number of thioether (sulfide) groups is 1. The van der Waals surface area contributed by atoms with Crippen molar-refractivity contribution in [1.29, 1.82) is 0 Å². The predicted octanol–water partition coefficient (Wildman–Crippen LogP) is 4.03. The number of esters is 2. The minimum atomic E-state index is -0.594. The molecule has 2 atom stereocenters. The lowest BCUT2D eigenvalue weighted by Crippen LogP contribution is -2.33. The lowest BCUT2D eigenvalue weighted by molar-refractivity contribution is -0.147. The van der Waals surface area contributed by atoms with Gasteiger partial charge in [0.15, 0.2) is 0 Å². The highest BCUT2D eigenvalue weighted by atomic mass is 32.2. The average Bonchev–Trinajstić information content (AvgIpc) is 2.79. The van der Waals surface area contributed by atoms with E-state index in [-0.39, 0.29) is 24.8 Å². The van der Waals surface area contributed by atoms with Crippen molar-refractivity contribution >= 4 is 29.5 Å². The summed E-state index contributed by atoms with van der Waals surface area (Å²) < 4.78 is 9.85. The van der Waals surface area contributed by atoms with Gasteiger partial charge in [0.2, 0.25) is 0 Å². The number of ether oxygens (including phenoxy) is 2. The van der Waals surface area contributed by atoms with E-state index in [1.165, 1.54) is 63.8 Å². The van der Waals surface area contributed by atoms with Crippen LogP contribution < -0.4 is 5.73 Å². The van der Waals surface area contributed by atoms with Crippen molar-refractivity contribution in [3.05, 3.63) is 0 Å². The molecule has 0 aromatic heterocycles. The first kappa shape index (κ1) is 30.9. The fraction of sp³-hybridized carbons (Fsp3) is 0.875. The van der Waals surface area contributed by atoms with Crippen LogP contribution >= 0.6 is 11.8 Å². The maximum absolute atomic E-state index is 12.1. The van der Waals surface area contributed by atoms with Crippen LogP contribution in [0.4, 0.5) is 0 Å². The van der Waals surface area contributed by atoms with Crippen molar-refractivity contribution in [1.82, 2.24) is 0 Å². The van der Waals surface area contributed by atoms with Crippen molar-refractivity contribution in [2.75, 3.05) is 31.8 Å². The molecule has 7 nitrogen and oxygen atoms in total. The van der Waals surface area contributed by atoms with Gasteiger partial charge in [-0.15, -0.1) is 0 Å². The molecule has 188 valence electrons. The summed E-state index contributed by atoms with van der Waals surface area (Å²) in [4.78, 5) is 35.3. The fourth-order valence-electron chi connectivity index (χ4n) is 3.33. The van der Waals surface area contributed by atoms with Gasteiger partial charge in [0, 0.05) is 24.3 Å². The van der Waals surface area contributed by atoms with E-state index in [1.54, 1.807) is 0 Å². The molecule has 3 N–H and O–H groups in total. The number of ketones is 1. The van der Waals surface area contributed by atoms with E-state index < -0.39 is 17.9 Å². The molecular formula is C24H45NO6S. The van der Waals surface area contributed by atoms with Crippen LogP contribution in [0.5, 0.6) is 0 Å². The van der Waals surface area contributed by atoms with Crippen LogP contribution in [0.3, 0.4) is 0 Å². The van der Waals surface area contributed by atoms with Crippen LogP contribution in [0, 0.1) is 5.92 Å². The number of carbonyl (C=O) groups is 3. The molecule has 0 aliphatic carbocycles. The normalized spacial score (nSPS) is 12.9. The Hall–Kier alpha value is -1.12. The lowest BCUT2D eigenvalue weighted by Gasteiger charge is -2.13. The van der Waals surface area contributed by atoms with E-state index in [0.29, 0.717) is 37.4 Å². The van der Waals surface area contributed by atoms with Crippen LogP contribution in [0.2, 0.25) is 0 Å². The van der Waals surface area contributed by atoms with Gasteiger partial charge in [0.05, 0.1) is 25.7 Å². The minimum absolute atomic E-state index is 0.0681. The zero-order chi connectivity index (χ0) is 24.0. The molecule has 8 heteroatoms. The summed E-state index contributed by atoms with van der Waals surface area (Å²) in [7, 11) is 1.28. The Morgan fingerprint density at radius 1 is 0.938 bits per heavy atom. The van der Waals surface area contributed by atoms with Crippen molar-refractivity contribution in [2.45, 2.75) is 96.4 Å². The van der Waals surface area contributed by atoms with Crippen LogP contribution in [0.15, 0.2) is 0 Å². The Morgan fingerprint density at radius 3 is 2.16 bits per heavy atom. The number of aliphatic hydroxyl groups is 1. The number of rotatable bonds is 22. The summed E-state index contributed by atoms with van der Waals surface area (Å²) >= 11 is 1.49. The van der Waals surface area contributed by atoms with Gasteiger partial charge in [-0.3, -0.25) is 14.4 Å². The maximum Gasteiger partial charge on any atom is 0.310 e. The van der Waals surface area contributed by atoms with Gasteiger partial charge in [-0.25, -0.2) is 0 Å². The predicted molar refractivity (Wildman–Crippen MR) is 130 cm³/mol. The molecule has 0 aliphatic rings. The Morgan fingerprint density at radius 2 is 1.56 bits per heavy atom. The Bertz CT molecular complexity index is 503. The van der Waals surface area contributed by atoms with Gasteiger partial charge in [0.1, 0.15) is 12.4 Å². The molecule has 0 saturated heterocycles. The summed E-state index contributed by atoms with van der Waals surface area (Å²) in [6.07, 6.45) is 12.6. The quantitative estimate of drug-likeness (QED) is 0.178. The van der Waals surface area contributed by atoms with E-state index in [4.69, 9.17) is 10.5 Å². The largest absolute Gasteiger partial charge is 0.469 e. The molecule has 0 aromatic carbocycles. The second-order valence-electron chi connectivity index (χ2n) is 8.24. The molecule has 0 spiro atoms. The SMILES string of the molecule is CCCCCCCCCCCC(=O)OCCSC[C@H](N)C(=O)CCC[C@@H](CO)C(=O)OC. The summed E-state index contributed by atoms with van der Waals surface area (Å²) in [6.45, 7) is 2.27. The van der Waals surface area contributed by atoms with Crippen molar-refractivity contribution < 1.29 is 29.0 Å². The van der Waals surface area contributed by atoms with Crippen LogP contribution in [0.1, 0.15) is 90.4 Å². The van der Waals surface area contributed by atoms with Crippen LogP contribution in [0.25, 0.3) is 0 Å². The van der Waals surface area contributed by atoms with E-state index in [2.05, 4.69) is 11.7 Å². The lowest BCUT2D eigenvalue weighted by atomic mass is 10.0.